The van der Waals surface area contributed by atoms with Gasteiger partial charge >= 0.3 is 0 Å². The number of hydrogen-bond acceptors (Lipinski definition) is 6. The predicted octanol–water partition coefficient (Wildman–Crippen LogP) is 3.59. The lowest BCUT2D eigenvalue weighted by Crippen LogP contribution is -2.27. The van der Waals surface area contributed by atoms with Gasteiger partial charge in [0.25, 0.3) is 5.91 Å². The number of carbonyl (C=O) groups is 1. The summed E-state index contributed by atoms with van der Waals surface area (Å²) in [4.78, 5) is 21.3. The average molecular weight is 423 g/mol. The average Bonchev–Trinajstić information content (AvgIpc) is 3.09. The molecule has 3 rings (SSSR count). The molecule has 1 amide bonds. The molecule has 1 aromatic carbocycles. The molecule has 28 heavy (non-hydrogen) atoms. The summed E-state index contributed by atoms with van der Waals surface area (Å²) in [7, 11) is 0. The fourth-order valence-electron chi connectivity index (χ4n) is 2.61. The van der Waals surface area contributed by atoms with Crippen LogP contribution in [-0.4, -0.2) is 45.0 Å². The Morgan fingerprint density at radius 1 is 1.32 bits per heavy atom. The molecule has 0 unspecified atom stereocenters. The minimum atomic E-state index is -0.485. The molecule has 0 aliphatic rings. The standard InChI is InChI=1S/C18H20ClFN6OS/c1-3-6-21-15-13-10-23-26(16(13)25-18(24-15)28-2)8-7-22-17(27)12-5-4-11(20)9-14(12)19/h4-5,9-10H,3,6-8H2,1-2H3,(H,22,27)(H,21,24,25). The third-order valence-electron chi connectivity index (χ3n) is 3.99. The fraction of sp³-hybridized carbons (Fsp3) is 0.333. The van der Waals surface area contributed by atoms with E-state index in [4.69, 9.17) is 11.6 Å². The number of rotatable bonds is 8. The van der Waals surface area contributed by atoms with E-state index in [1.807, 2.05) is 6.26 Å². The third kappa shape index (κ3) is 4.53. The zero-order valence-electron chi connectivity index (χ0n) is 15.5. The number of aromatic nitrogens is 4. The second-order valence-corrected chi connectivity index (χ2v) is 7.15. The van der Waals surface area contributed by atoms with Crippen LogP contribution in [0, 0.1) is 5.82 Å². The molecule has 0 aliphatic carbocycles. The van der Waals surface area contributed by atoms with Crippen molar-refractivity contribution in [1.29, 1.82) is 0 Å². The highest BCUT2D eigenvalue weighted by atomic mass is 35.5. The van der Waals surface area contributed by atoms with Gasteiger partial charge in [0.05, 0.1) is 28.7 Å². The smallest absolute Gasteiger partial charge is 0.252 e. The number of thioether (sulfide) groups is 1. The maximum absolute atomic E-state index is 13.1. The van der Waals surface area contributed by atoms with Crippen molar-refractivity contribution in [3.05, 3.63) is 40.8 Å². The Morgan fingerprint density at radius 3 is 2.86 bits per heavy atom. The van der Waals surface area contributed by atoms with E-state index >= 15 is 0 Å². The molecule has 0 saturated carbocycles. The van der Waals surface area contributed by atoms with Gasteiger partial charge in [-0.15, -0.1) is 0 Å². The van der Waals surface area contributed by atoms with Gasteiger partial charge in [-0.1, -0.05) is 30.3 Å². The van der Waals surface area contributed by atoms with Crippen LogP contribution in [0.1, 0.15) is 23.7 Å². The molecule has 2 heterocycles. The Kier molecular flexibility index (Phi) is 6.69. The van der Waals surface area contributed by atoms with Crippen LogP contribution >= 0.6 is 23.4 Å². The lowest BCUT2D eigenvalue weighted by atomic mass is 10.2. The number of anilines is 1. The summed E-state index contributed by atoms with van der Waals surface area (Å²) in [5.41, 5.74) is 0.929. The first-order valence-electron chi connectivity index (χ1n) is 8.78. The Balaban J connectivity index is 1.73. The van der Waals surface area contributed by atoms with Gasteiger partial charge in [0.15, 0.2) is 10.8 Å². The van der Waals surface area contributed by atoms with E-state index in [-0.39, 0.29) is 16.5 Å². The second kappa shape index (κ2) is 9.20. The summed E-state index contributed by atoms with van der Waals surface area (Å²) >= 11 is 7.38. The minimum Gasteiger partial charge on any atom is -0.369 e. The van der Waals surface area contributed by atoms with Crippen molar-refractivity contribution in [3.8, 4) is 0 Å². The summed E-state index contributed by atoms with van der Waals surface area (Å²) in [6, 6.07) is 3.68. The third-order valence-corrected chi connectivity index (χ3v) is 4.85. The monoisotopic (exact) mass is 422 g/mol. The number of halogens is 2. The van der Waals surface area contributed by atoms with Crippen LogP contribution in [0.3, 0.4) is 0 Å². The minimum absolute atomic E-state index is 0.0750. The number of nitrogens with zero attached hydrogens (tertiary/aromatic N) is 4. The predicted molar refractivity (Wildman–Crippen MR) is 110 cm³/mol. The van der Waals surface area contributed by atoms with Gasteiger partial charge in [-0.25, -0.2) is 19.0 Å². The molecule has 10 heteroatoms. The molecule has 0 spiro atoms. The topological polar surface area (TPSA) is 84.7 Å². The SMILES string of the molecule is CCCNc1nc(SC)nc2c1cnn2CCNC(=O)c1ccc(F)cc1Cl. The summed E-state index contributed by atoms with van der Waals surface area (Å²) in [5.74, 6) is -0.0999. The molecule has 0 bridgehead atoms. The Hall–Kier alpha value is -2.39. The van der Waals surface area contributed by atoms with Crippen LogP contribution in [0.5, 0.6) is 0 Å². The first-order valence-corrected chi connectivity index (χ1v) is 10.4. The van der Waals surface area contributed by atoms with E-state index in [9.17, 15) is 9.18 Å². The second-order valence-electron chi connectivity index (χ2n) is 5.97. The van der Waals surface area contributed by atoms with E-state index in [0.717, 1.165) is 30.2 Å². The maximum Gasteiger partial charge on any atom is 0.252 e. The maximum atomic E-state index is 13.1. The molecular formula is C18H20ClFN6OS. The van der Waals surface area contributed by atoms with Crippen molar-refractivity contribution in [2.24, 2.45) is 0 Å². The van der Waals surface area contributed by atoms with Gasteiger partial charge in [0.1, 0.15) is 11.6 Å². The highest BCUT2D eigenvalue weighted by Crippen LogP contribution is 2.23. The van der Waals surface area contributed by atoms with E-state index in [0.29, 0.717) is 23.9 Å². The Morgan fingerprint density at radius 2 is 2.14 bits per heavy atom. The highest BCUT2D eigenvalue weighted by Gasteiger charge is 2.14. The van der Waals surface area contributed by atoms with Gasteiger partial charge in [-0.2, -0.15) is 5.10 Å². The van der Waals surface area contributed by atoms with E-state index in [1.165, 1.54) is 23.9 Å². The zero-order chi connectivity index (χ0) is 20.1. The largest absolute Gasteiger partial charge is 0.369 e. The lowest BCUT2D eigenvalue weighted by Gasteiger charge is -2.09. The molecule has 148 valence electrons. The Bertz CT molecular complexity index is 996. The molecular weight excluding hydrogens is 403 g/mol. The molecule has 0 saturated heterocycles. The first kappa shape index (κ1) is 20.3. The van der Waals surface area contributed by atoms with Gasteiger partial charge in [0, 0.05) is 13.1 Å². The summed E-state index contributed by atoms with van der Waals surface area (Å²) in [6.45, 7) is 3.63. The summed E-state index contributed by atoms with van der Waals surface area (Å²) in [5, 5.41) is 12.0. The molecule has 2 N–H and O–H groups in total. The van der Waals surface area contributed by atoms with Gasteiger partial charge in [-0.05, 0) is 30.9 Å². The van der Waals surface area contributed by atoms with Crippen LogP contribution in [-0.2, 0) is 6.54 Å². The zero-order valence-corrected chi connectivity index (χ0v) is 17.1. The molecule has 0 aliphatic heterocycles. The first-order chi connectivity index (χ1) is 13.5. The van der Waals surface area contributed by atoms with Crippen LogP contribution in [0.25, 0.3) is 11.0 Å². The molecule has 0 radical (unpaired) electrons. The number of benzene rings is 1. The van der Waals surface area contributed by atoms with Gasteiger partial charge in [0.2, 0.25) is 0 Å². The number of hydrogen-bond donors (Lipinski definition) is 2. The van der Waals surface area contributed by atoms with Crippen molar-refractivity contribution < 1.29 is 9.18 Å². The molecule has 0 atom stereocenters. The van der Waals surface area contributed by atoms with Crippen LogP contribution < -0.4 is 10.6 Å². The van der Waals surface area contributed by atoms with Crippen molar-refractivity contribution >= 4 is 46.1 Å². The van der Waals surface area contributed by atoms with E-state index in [1.54, 1.807) is 10.9 Å². The Labute approximate surface area is 171 Å². The van der Waals surface area contributed by atoms with Crippen molar-refractivity contribution in [3.63, 3.8) is 0 Å². The number of fused-ring (bicyclic) bond motifs is 1. The van der Waals surface area contributed by atoms with E-state index < -0.39 is 5.82 Å². The molecule has 3 aromatic rings. The number of amides is 1. The molecule has 2 aromatic heterocycles. The van der Waals surface area contributed by atoms with Gasteiger partial charge < -0.3 is 10.6 Å². The van der Waals surface area contributed by atoms with Crippen LogP contribution in [0.4, 0.5) is 10.2 Å². The summed E-state index contributed by atoms with van der Waals surface area (Å²) < 4.78 is 14.8. The fourth-order valence-corrected chi connectivity index (χ4v) is 3.23. The highest BCUT2D eigenvalue weighted by molar-refractivity contribution is 7.98. The number of nitrogens with one attached hydrogen (secondary N) is 2. The van der Waals surface area contributed by atoms with Crippen molar-refractivity contribution in [1.82, 2.24) is 25.1 Å². The van der Waals surface area contributed by atoms with E-state index in [2.05, 4.69) is 32.6 Å². The lowest BCUT2D eigenvalue weighted by molar-refractivity contribution is 0.0952. The van der Waals surface area contributed by atoms with Crippen molar-refractivity contribution in [2.75, 3.05) is 24.7 Å². The molecule has 7 nitrogen and oxygen atoms in total. The number of carbonyl (C=O) groups excluding carboxylic acids is 1. The molecule has 0 fully saturated rings. The quantitative estimate of drug-likeness (QED) is 0.426. The van der Waals surface area contributed by atoms with Crippen molar-refractivity contribution in [2.45, 2.75) is 25.0 Å². The van der Waals surface area contributed by atoms with Crippen LogP contribution in [0.2, 0.25) is 5.02 Å². The summed E-state index contributed by atoms with van der Waals surface area (Å²) in [6.07, 6.45) is 4.61. The van der Waals surface area contributed by atoms with Crippen LogP contribution in [0.15, 0.2) is 29.6 Å². The van der Waals surface area contributed by atoms with Gasteiger partial charge in [-0.3, -0.25) is 4.79 Å². The normalized spacial score (nSPS) is 11.0.